The van der Waals surface area contributed by atoms with Gasteiger partial charge >= 0.3 is 0 Å². The normalized spacial score (nSPS) is 17.1. The summed E-state index contributed by atoms with van der Waals surface area (Å²) in [4.78, 5) is 11.1. The van der Waals surface area contributed by atoms with Crippen molar-refractivity contribution in [1.82, 2.24) is 14.9 Å². The Morgan fingerprint density at radius 2 is 1.68 bits per heavy atom. The van der Waals surface area contributed by atoms with Gasteiger partial charge < -0.3 is 5.73 Å². The molecule has 2 N–H and O–H groups in total. The van der Waals surface area contributed by atoms with Gasteiger partial charge in [0.1, 0.15) is 11.6 Å². The van der Waals surface area contributed by atoms with Gasteiger partial charge in [-0.15, -0.1) is 0 Å². The van der Waals surface area contributed by atoms with Crippen molar-refractivity contribution in [3.8, 4) is 11.1 Å². The van der Waals surface area contributed by atoms with Crippen LogP contribution in [-0.4, -0.2) is 28.0 Å². The second kappa shape index (κ2) is 8.02. The molecule has 0 spiro atoms. The molecule has 6 heteroatoms. The fraction of sp³-hybridized carbons (Fsp3) is 0.273. The van der Waals surface area contributed by atoms with Crippen LogP contribution in [0.2, 0.25) is 0 Å². The molecule has 0 aliphatic carbocycles. The molecule has 4 rings (SSSR count). The molecule has 0 radical (unpaired) electrons. The van der Waals surface area contributed by atoms with Crippen molar-refractivity contribution in [1.29, 1.82) is 0 Å². The maximum atomic E-state index is 13.3. The number of hydrogen-bond acceptors (Lipinski definition) is 4. The number of halogens is 2. The number of nitrogens with zero attached hydrogens (tertiary/aromatic N) is 3. The molecule has 2 aromatic carbocycles. The highest BCUT2D eigenvalue weighted by atomic mass is 19.1. The topological polar surface area (TPSA) is 55.0 Å². The van der Waals surface area contributed by atoms with E-state index >= 15 is 0 Å². The quantitative estimate of drug-likeness (QED) is 0.714. The van der Waals surface area contributed by atoms with Gasteiger partial charge in [0.2, 0.25) is 5.95 Å². The molecular formula is C22H22F2N4. The smallest absolute Gasteiger partial charge is 0.220 e. The summed E-state index contributed by atoms with van der Waals surface area (Å²) < 4.78 is 26.5. The van der Waals surface area contributed by atoms with Crippen molar-refractivity contribution in [3.63, 3.8) is 0 Å². The molecule has 1 saturated heterocycles. The van der Waals surface area contributed by atoms with Crippen LogP contribution in [0.25, 0.3) is 11.1 Å². The second-order valence-corrected chi connectivity index (χ2v) is 7.10. The molecule has 28 heavy (non-hydrogen) atoms. The van der Waals surface area contributed by atoms with E-state index in [1.54, 1.807) is 18.3 Å². The summed E-state index contributed by atoms with van der Waals surface area (Å²) >= 11 is 0. The summed E-state index contributed by atoms with van der Waals surface area (Å²) in [5.41, 5.74) is 9.63. The summed E-state index contributed by atoms with van der Waals surface area (Å²) in [6.07, 6.45) is 4.61. The molecule has 0 saturated carbocycles. The minimum atomic E-state index is -0.275. The van der Waals surface area contributed by atoms with E-state index in [1.165, 1.54) is 24.3 Å². The molecule has 2 heterocycles. The van der Waals surface area contributed by atoms with Crippen molar-refractivity contribution < 1.29 is 8.78 Å². The third-order valence-electron chi connectivity index (χ3n) is 5.27. The first-order valence-electron chi connectivity index (χ1n) is 9.47. The van der Waals surface area contributed by atoms with Gasteiger partial charge in [0.05, 0.1) is 11.7 Å². The SMILES string of the molecule is Nc1ncc(-c2ccc(F)cc2)c(C2CCCN2CCc2ccc(F)cc2)n1. The molecule has 1 fully saturated rings. The fourth-order valence-corrected chi connectivity index (χ4v) is 3.84. The number of benzene rings is 2. The molecule has 1 atom stereocenters. The number of aromatic nitrogens is 2. The lowest BCUT2D eigenvalue weighted by atomic mass is 9.99. The maximum absolute atomic E-state index is 13.3. The van der Waals surface area contributed by atoms with Crippen molar-refractivity contribution in [3.05, 3.63) is 77.6 Å². The Bertz CT molecular complexity index is 942. The van der Waals surface area contributed by atoms with E-state index in [4.69, 9.17) is 5.73 Å². The highest BCUT2D eigenvalue weighted by Crippen LogP contribution is 2.36. The van der Waals surface area contributed by atoms with Gasteiger partial charge in [0, 0.05) is 18.3 Å². The van der Waals surface area contributed by atoms with Crippen molar-refractivity contribution in [2.45, 2.75) is 25.3 Å². The first-order valence-corrected chi connectivity index (χ1v) is 9.47. The zero-order valence-electron chi connectivity index (χ0n) is 15.5. The molecule has 1 unspecified atom stereocenters. The Hall–Kier alpha value is -2.86. The van der Waals surface area contributed by atoms with Gasteiger partial charge in [-0.25, -0.2) is 18.7 Å². The average molecular weight is 380 g/mol. The Balaban J connectivity index is 1.59. The van der Waals surface area contributed by atoms with E-state index in [1.807, 2.05) is 12.1 Å². The van der Waals surface area contributed by atoms with Crippen molar-refractivity contribution in [2.24, 2.45) is 0 Å². The summed E-state index contributed by atoms with van der Waals surface area (Å²) in [5.74, 6) is -0.252. The molecule has 1 aromatic heterocycles. The zero-order valence-corrected chi connectivity index (χ0v) is 15.5. The summed E-state index contributed by atoms with van der Waals surface area (Å²) in [7, 11) is 0. The Morgan fingerprint density at radius 3 is 2.39 bits per heavy atom. The summed E-state index contributed by atoms with van der Waals surface area (Å²) in [6, 6.07) is 13.1. The minimum Gasteiger partial charge on any atom is -0.368 e. The lowest BCUT2D eigenvalue weighted by Gasteiger charge is -2.26. The van der Waals surface area contributed by atoms with E-state index < -0.39 is 0 Å². The predicted molar refractivity (Wildman–Crippen MR) is 105 cm³/mol. The van der Waals surface area contributed by atoms with Crippen LogP contribution in [0.15, 0.2) is 54.7 Å². The molecule has 0 bridgehead atoms. The zero-order chi connectivity index (χ0) is 19.5. The van der Waals surface area contributed by atoms with Gasteiger partial charge in [-0.1, -0.05) is 24.3 Å². The van der Waals surface area contributed by atoms with Gasteiger partial charge in [0.25, 0.3) is 0 Å². The highest BCUT2D eigenvalue weighted by molar-refractivity contribution is 5.66. The monoisotopic (exact) mass is 380 g/mol. The van der Waals surface area contributed by atoms with E-state index in [0.29, 0.717) is 0 Å². The van der Waals surface area contributed by atoms with Crippen LogP contribution in [0.5, 0.6) is 0 Å². The van der Waals surface area contributed by atoms with Crippen LogP contribution < -0.4 is 5.73 Å². The lowest BCUT2D eigenvalue weighted by molar-refractivity contribution is 0.257. The minimum absolute atomic E-state index is 0.130. The number of nitrogens with two attached hydrogens (primary N) is 1. The van der Waals surface area contributed by atoms with Crippen LogP contribution in [0.4, 0.5) is 14.7 Å². The molecule has 1 aliphatic heterocycles. The maximum Gasteiger partial charge on any atom is 0.220 e. The Morgan fingerprint density at radius 1 is 1.00 bits per heavy atom. The third-order valence-corrected chi connectivity index (χ3v) is 5.27. The summed E-state index contributed by atoms with van der Waals surface area (Å²) in [6.45, 7) is 1.82. The van der Waals surface area contributed by atoms with Gasteiger partial charge in [-0.2, -0.15) is 0 Å². The first kappa shape index (κ1) is 18.5. The van der Waals surface area contributed by atoms with E-state index in [-0.39, 0.29) is 23.6 Å². The molecular weight excluding hydrogens is 358 g/mol. The number of rotatable bonds is 5. The molecule has 4 nitrogen and oxygen atoms in total. The number of anilines is 1. The van der Waals surface area contributed by atoms with E-state index in [2.05, 4.69) is 14.9 Å². The van der Waals surface area contributed by atoms with Crippen LogP contribution >= 0.6 is 0 Å². The highest BCUT2D eigenvalue weighted by Gasteiger charge is 2.29. The van der Waals surface area contributed by atoms with Gasteiger partial charge in [-0.3, -0.25) is 4.90 Å². The van der Waals surface area contributed by atoms with Crippen molar-refractivity contribution in [2.75, 3.05) is 18.8 Å². The van der Waals surface area contributed by atoms with Gasteiger partial charge in [0.15, 0.2) is 0 Å². The van der Waals surface area contributed by atoms with Crippen LogP contribution in [0, 0.1) is 11.6 Å². The van der Waals surface area contributed by atoms with Crippen molar-refractivity contribution >= 4 is 5.95 Å². The van der Waals surface area contributed by atoms with E-state index in [0.717, 1.165) is 54.7 Å². The lowest BCUT2D eigenvalue weighted by Crippen LogP contribution is -2.27. The molecule has 3 aromatic rings. The molecule has 1 aliphatic rings. The van der Waals surface area contributed by atoms with Gasteiger partial charge in [-0.05, 0) is 61.2 Å². The molecule has 0 amide bonds. The third kappa shape index (κ3) is 4.02. The standard InChI is InChI=1S/C22H22F2N4/c23-17-7-3-15(4-8-17)11-13-28-12-1-2-20(28)21-19(14-26-22(25)27-21)16-5-9-18(24)10-6-16/h3-10,14,20H,1-2,11-13H2,(H2,25,26,27). The van der Waals surface area contributed by atoms with Crippen LogP contribution in [0.3, 0.4) is 0 Å². The number of likely N-dealkylation sites (tertiary alicyclic amines) is 1. The first-order chi connectivity index (χ1) is 13.6. The second-order valence-electron chi connectivity index (χ2n) is 7.10. The Kier molecular flexibility index (Phi) is 5.30. The van der Waals surface area contributed by atoms with Crippen LogP contribution in [0.1, 0.15) is 30.1 Å². The van der Waals surface area contributed by atoms with Crippen LogP contribution in [-0.2, 0) is 6.42 Å². The average Bonchev–Trinajstić information content (AvgIpc) is 3.17. The largest absolute Gasteiger partial charge is 0.368 e. The number of hydrogen-bond donors (Lipinski definition) is 1. The number of nitrogen functional groups attached to an aromatic ring is 1. The van der Waals surface area contributed by atoms with E-state index in [9.17, 15) is 8.78 Å². The summed E-state index contributed by atoms with van der Waals surface area (Å²) in [5, 5.41) is 0. The predicted octanol–water partition coefficient (Wildman–Crippen LogP) is 4.38. The molecule has 144 valence electrons. The Labute approximate surface area is 163 Å². The fourth-order valence-electron chi connectivity index (χ4n) is 3.84.